The predicted molar refractivity (Wildman–Crippen MR) is 138 cm³/mol. The molecule has 0 radical (unpaired) electrons. The second-order valence-corrected chi connectivity index (χ2v) is 10.1. The minimum Gasteiger partial charge on any atom is -0.435 e. The van der Waals surface area contributed by atoms with Gasteiger partial charge < -0.3 is 14.9 Å². The molecule has 0 saturated carbocycles. The van der Waals surface area contributed by atoms with E-state index in [1.165, 1.54) is 12.1 Å². The second kappa shape index (κ2) is 10.5. The highest BCUT2D eigenvalue weighted by atomic mass is 32.2. The highest BCUT2D eigenvalue weighted by Crippen LogP contribution is 2.44. The van der Waals surface area contributed by atoms with Gasteiger partial charge in [-0.25, -0.2) is 4.39 Å². The van der Waals surface area contributed by atoms with Crippen molar-refractivity contribution in [2.24, 2.45) is 0 Å². The lowest BCUT2D eigenvalue weighted by atomic mass is 10.0. The molecule has 0 spiro atoms. The van der Waals surface area contributed by atoms with Gasteiger partial charge >= 0.3 is 5.97 Å². The van der Waals surface area contributed by atoms with Gasteiger partial charge in [-0.1, -0.05) is 24.3 Å². The summed E-state index contributed by atoms with van der Waals surface area (Å²) < 4.78 is 31.7. The molecule has 1 N–H and O–H groups in total. The third-order valence-corrected chi connectivity index (χ3v) is 7.24. The largest absolute Gasteiger partial charge is 0.435 e. The molecule has 4 rings (SSSR count). The molecule has 1 aliphatic carbocycles. The summed E-state index contributed by atoms with van der Waals surface area (Å²) in [6.45, 7) is 3.06. The van der Waals surface area contributed by atoms with Crippen LogP contribution < -0.4 is 5.32 Å². The van der Waals surface area contributed by atoms with E-state index < -0.39 is 33.4 Å². The van der Waals surface area contributed by atoms with Crippen molar-refractivity contribution in [3.63, 3.8) is 0 Å². The Balaban J connectivity index is 1.62. The Kier molecular flexibility index (Phi) is 7.40. The van der Waals surface area contributed by atoms with E-state index in [0.717, 1.165) is 22.3 Å². The van der Waals surface area contributed by atoms with E-state index in [-0.39, 0.29) is 13.0 Å². The third kappa shape index (κ3) is 5.69. The molecule has 0 fully saturated rings. The summed E-state index contributed by atoms with van der Waals surface area (Å²) in [4.78, 5) is 28.9. The van der Waals surface area contributed by atoms with Crippen LogP contribution in [0.15, 0.2) is 76.9 Å². The van der Waals surface area contributed by atoms with Gasteiger partial charge in [0.2, 0.25) is 5.72 Å². The van der Waals surface area contributed by atoms with E-state index in [9.17, 15) is 23.5 Å². The summed E-state index contributed by atoms with van der Waals surface area (Å²) >= 11 is 0. The summed E-state index contributed by atoms with van der Waals surface area (Å²) in [6, 6.07) is 11.7. The molecule has 2 aliphatic rings. The van der Waals surface area contributed by atoms with Crippen LogP contribution in [0.1, 0.15) is 37.0 Å². The lowest BCUT2D eigenvalue weighted by molar-refractivity contribution is -0.756. The van der Waals surface area contributed by atoms with Crippen LogP contribution in [-0.4, -0.2) is 33.9 Å². The monoisotopic (exact) mass is 524 g/mol. The molecule has 192 valence electrons. The van der Waals surface area contributed by atoms with E-state index in [1.54, 1.807) is 49.7 Å². The quantitative estimate of drug-likeness (QED) is 0.300. The van der Waals surface area contributed by atoms with Crippen LogP contribution >= 0.6 is 0 Å². The van der Waals surface area contributed by atoms with Gasteiger partial charge in [0.1, 0.15) is 12.4 Å². The average Bonchev–Trinajstić information content (AvgIpc) is 3.08. The smallest absolute Gasteiger partial charge is 0.312 e. The molecular formula is C27H25FN2O6S. The van der Waals surface area contributed by atoms with Gasteiger partial charge in [0.05, 0.1) is 6.42 Å². The van der Waals surface area contributed by atoms with E-state index >= 15 is 0 Å². The number of ether oxygens (including phenoxy) is 1. The lowest BCUT2D eigenvalue weighted by Gasteiger charge is -2.34. The van der Waals surface area contributed by atoms with Gasteiger partial charge in [0.25, 0.3) is 5.09 Å². The number of hydrogen-bond acceptors (Lipinski definition) is 7. The van der Waals surface area contributed by atoms with Gasteiger partial charge in [0.15, 0.2) is 0 Å². The van der Waals surface area contributed by atoms with Crippen molar-refractivity contribution in [1.29, 1.82) is 0 Å². The zero-order valence-electron chi connectivity index (χ0n) is 20.4. The van der Waals surface area contributed by atoms with Crippen LogP contribution in [-0.2, 0) is 25.2 Å². The fraction of sp³-hybridized carbons (Fsp3) is 0.222. The van der Waals surface area contributed by atoms with Crippen molar-refractivity contribution < 1.29 is 28.1 Å². The summed E-state index contributed by atoms with van der Waals surface area (Å²) in [5.41, 5.74) is 3.53. The fourth-order valence-corrected chi connectivity index (χ4v) is 4.86. The third-order valence-electron chi connectivity index (χ3n) is 6.31. The van der Waals surface area contributed by atoms with Gasteiger partial charge in [-0.3, -0.25) is 9.00 Å². The molecule has 0 aromatic heterocycles. The standard InChI is InChI=1S/C27H25FN2O6S/c1-17-23(13-18-6-9-21(10-7-18)37(3)34)22-11-8-20(28)14-25(22)24(17)15-26(31)36-27(2)19(5-4-12-29-27)16-35-30(32)33/h4-14,29H,15-16H2,1-3H3/b23-13-. The molecule has 2 unspecified atom stereocenters. The first-order valence-corrected chi connectivity index (χ1v) is 12.9. The number of fused-ring (bicyclic) bond motifs is 1. The molecule has 2 aromatic carbocycles. The Morgan fingerprint density at radius 3 is 2.62 bits per heavy atom. The van der Waals surface area contributed by atoms with Crippen LogP contribution in [0, 0.1) is 15.9 Å². The molecule has 10 heteroatoms. The molecule has 8 nitrogen and oxygen atoms in total. The van der Waals surface area contributed by atoms with Crippen molar-refractivity contribution in [3.05, 3.63) is 105 Å². The number of esters is 1. The summed E-state index contributed by atoms with van der Waals surface area (Å²) in [5.74, 6) is -1.03. The molecule has 2 aromatic rings. The van der Waals surface area contributed by atoms with Gasteiger partial charge in [-0.15, -0.1) is 10.1 Å². The minimum atomic E-state index is -1.35. The summed E-state index contributed by atoms with van der Waals surface area (Å²) in [7, 11) is -1.09. The minimum absolute atomic E-state index is 0.141. The topological polar surface area (TPSA) is 108 Å². The molecule has 1 heterocycles. The maximum Gasteiger partial charge on any atom is 0.312 e. The Bertz CT molecular complexity index is 1410. The van der Waals surface area contributed by atoms with Crippen LogP contribution in [0.25, 0.3) is 17.2 Å². The normalized spacial score (nSPS) is 20.2. The number of halogens is 1. The van der Waals surface area contributed by atoms with E-state index in [2.05, 4.69) is 10.2 Å². The van der Waals surface area contributed by atoms with Crippen LogP contribution in [0.5, 0.6) is 0 Å². The van der Waals surface area contributed by atoms with E-state index in [4.69, 9.17) is 4.74 Å². The van der Waals surface area contributed by atoms with Crippen molar-refractivity contribution >= 4 is 34.0 Å². The maximum absolute atomic E-state index is 14.2. The van der Waals surface area contributed by atoms with Crippen molar-refractivity contribution in [1.82, 2.24) is 5.32 Å². The molecule has 2 atom stereocenters. The highest BCUT2D eigenvalue weighted by Gasteiger charge is 2.35. The molecule has 37 heavy (non-hydrogen) atoms. The number of nitrogens with one attached hydrogen (secondary N) is 1. The number of dihydropyridines is 1. The number of nitrogens with zero attached hydrogens (tertiary/aromatic N) is 1. The Hall–Kier alpha value is -4.05. The molecule has 0 bridgehead atoms. The number of allylic oxidation sites excluding steroid dienone is 4. The Morgan fingerprint density at radius 2 is 1.95 bits per heavy atom. The first kappa shape index (κ1) is 26.0. The van der Waals surface area contributed by atoms with Crippen molar-refractivity contribution in [2.45, 2.75) is 30.9 Å². The number of carbonyl (C=O) groups is 1. The maximum atomic E-state index is 14.2. The molecule has 0 amide bonds. The van der Waals surface area contributed by atoms with Crippen molar-refractivity contribution in [2.75, 3.05) is 12.9 Å². The van der Waals surface area contributed by atoms with Gasteiger partial charge in [-0.05, 0) is 83.7 Å². The highest BCUT2D eigenvalue weighted by molar-refractivity contribution is 7.84. The zero-order valence-corrected chi connectivity index (χ0v) is 21.3. The van der Waals surface area contributed by atoms with E-state index in [1.807, 2.05) is 25.1 Å². The van der Waals surface area contributed by atoms with E-state index in [0.29, 0.717) is 21.6 Å². The number of carbonyl (C=O) groups excluding carboxylic acids is 1. The number of benzene rings is 2. The number of rotatable bonds is 8. The SMILES string of the molecule is CC1=C(CC(=O)OC2(C)NC=CC=C2CO[N+](=O)[O-])c2cc(F)ccc2/C1=C\c1ccc(S(C)=O)cc1. The second-order valence-electron chi connectivity index (χ2n) is 8.75. The van der Waals surface area contributed by atoms with Gasteiger partial charge in [-0.2, -0.15) is 0 Å². The first-order valence-electron chi connectivity index (χ1n) is 11.4. The number of hydrogen-bond donors (Lipinski definition) is 1. The lowest BCUT2D eigenvalue weighted by Crippen LogP contribution is -2.48. The van der Waals surface area contributed by atoms with Crippen LogP contribution in [0.3, 0.4) is 0 Å². The summed E-state index contributed by atoms with van der Waals surface area (Å²) in [5, 5.41) is 12.6. The fourth-order valence-electron chi connectivity index (χ4n) is 4.34. The van der Waals surface area contributed by atoms with Gasteiger partial charge in [0, 0.05) is 33.7 Å². The first-order chi connectivity index (χ1) is 17.6. The zero-order chi connectivity index (χ0) is 26.7. The van der Waals surface area contributed by atoms with Crippen molar-refractivity contribution in [3.8, 4) is 0 Å². The molecule has 1 aliphatic heterocycles. The molecule has 0 saturated heterocycles. The Labute approximate surface area is 215 Å². The van der Waals surface area contributed by atoms with Crippen LogP contribution in [0.4, 0.5) is 4.39 Å². The van der Waals surface area contributed by atoms with Crippen LogP contribution in [0.2, 0.25) is 0 Å². The average molecular weight is 525 g/mol. The summed E-state index contributed by atoms with van der Waals surface area (Å²) in [6.07, 6.45) is 8.18. The molecular weight excluding hydrogens is 499 g/mol. The Morgan fingerprint density at radius 1 is 1.22 bits per heavy atom. The predicted octanol–water partition coefficient (Wildman–Crippen LogP) is 4.79.